The Morgan fingerprint density at radius 2 is 0.708 bits per heavy atom. The fourth-order valence-electron chi connectivity index (χ4n) is 21.9. The first-order valence-electron chi connectivity index (χ1n) is 48.2. The van der Waals surface area contributed by atoms with Crippen molar-refractivity contribution in [2.45, 2.75) is 182 Å². The third-order valence-corrected chi connectivity index (χ3v) is 28.8. The number of hydrogen-bond acceptors (Lipinski definition) is 20. The van der Waals surface area contributed by atoms with E-state index >= 15 is 53.9 Å². The van der Waals surface area contributed by atoms with Gasteiger partial charge in [0, 0.05) is 124 Å². The van der Waals surface area contributed by atoms with E-state index in [1.54, 1.807) is 79.2 Å². The first kappa shape index (κ1) is 101. The van der Waals surface area contributed by atoms with Crippen LogP contribution in [0.25, 0.3) is 83.2 Å². The van der Waals surface area contributed by atoms with Crippen molar-refractivity contribution in [2.75, 3.05) is 108 Å². The number of halogens is 9. The summed E-state index contributed by atoms with van der Waals surface area (Å²) in [6.07, 6.45) is 8.21. The van der Waals surface area contributed by atoms with E-state index in [0.29, 0.717) is 121 Å². The van der Waals surface area contributed by atoms with Crippen LogP contribution in [-0.4, -0.2) is 215 Å². The largest absolute Gasteiger partial charge is 0.507 e. The molecule has 19 rings (SSSR count). The molecule has 7 aliphatic rings. The van der Waals surface area contributed by atoms with Crippen LogP contribution in [0, 0.1) is 73.1 Å². The van der Waals surface area contributed by atoms with Crippen molar-refractivity contribution >= 4 is 84.6 Å². The second kappa shape index (κ2) is 39.3. The number of anilines is 6. The zero-order chi connectivity index (χ0) is 104. The molecule has 7 aliphatic heterocycles. The maximum atomic E-state index is 17.4. The molecule has 4 fully saturated rings. The maximum absolute atomic E-state index is 17.4. The molecule has 7 atom stereocenters. The van der Waals surface area contributed by atoms with E-state index in [9.17, 15) is 34.8 Å². The number of phenolic OH excluding ortho intramolecular Hbond substituents is 3. The molecule has 13 heterocycles. The first-order chi connectivity index (χ1) is 68.5. The van der Waals surface area contributed by atoms with Gasteiger partial charge in [-0.3, -0.25) is 57.4 Å². The predicted molar refractivity (Wildman–Crippen MR) is 540 cm³/mol. The number of aliphatic hydroxyl groups is 1. The second-order valence-corrected chi connectivity index (χ2v) is 39.5. The topological polar surface area (TPSA) is 275 Å². The van der Waals surface area contributed by atoms with Crippen LogP contribution in [-0.2, 0) is 19.1 Å². The first-order valence-corrected chi connectivity index (χ1v) is 48.2. The van der Waals surface area contributed by atoms with Crippen LogP contribution in [0.1, 0.15) is 141 Å². The molecule has 6 aromatic carbocycles. The number of benzene rings is 6. The summed E-state index contributed by atoms with van der Waals surface area (Å²) < 4.78 is 156. The van der Waals surface area contributed by atoms with E-state index in [4.69, 9.17) is 4.74 Å². The van der Waals surface area contributed by atoms with Gasteiger partial charge in [0.15, 0.2) is 17.5 Å². The van der Waals surface area contributed by atoms with Crippen molar-refractivity contribution in [3.63, 3.8) is 0 Å². The summed E-state index contributed by atoms with van der Waals surface area (Å²) >= 11 is 0. The molecule has 0 radical (unpaired) electrons. The Kier molecular flexibility index (Phi) is 27.6. The molecule has 35 heteroatoms. The average molecular weight is 1980 g/mol. The number of aliphatic hydroxyl groups excluding tert-OH is 1. The quantitative estimate of drug-likeness (QED) is 0.0487. The van der Waals surface area contributed by atoms with Gasteiger partial charge in [0.25, 0.3) is 16.7 Å². The van der Waals surface area contributed by atoms with Gasteiger partial charge < -0.3 is 69.3 Å². The molecule has 0 saturated carbocycles. The number of piperazine rings is 3. The standard InChI is InChI=1S/C37H40F3N5O4.C36H36F3N5O4.C36H38F3N5O3/c1-7-28(48)43-18-23-17-42(14-12-22(6)46)36-35(44(23)16-21(43)5)24-15-26(39)30(29-25(38)9-8-10-27(29)47)31(40)34(24)45(37(36)49)33-20(4)11-13-41-32(33)19(2)3;1-6-27(46)41-14-21-15-43(22-16-48-17-22)35-34(42(21)13-20(41)5)23-12-25(38)29(28-24(37)8-7-9-26(28)45)30(39)33(23)44(36(35)47)32-19(4)10-11-40-31(32)18(2)3;1-8-27(46)42-17-22-16-41(19(4)5)35-34(43(22)15-21(42)7)23-14-25(38)29(28-24(37)10-9-11-26(28)45)30(39)33(23)44(36(35)47)32-20(6)12-13-40-31(32)18(2)3/h7-11,13,15,19,21-23,46-47H,1,12,14,16-18H2,2-6H3;6-12,18,20-22,45H,1,13-17H2,2-5H3;8-14,18-19,21-22,45H,1,15-17H2,2-7H3. The monoisotopic (exact) mass is 1980 g/mol. The van der Waals surface area contributed by atoms with Crippen molar-refractivity contribution in [1.29, 1.82) is 0 Å². The lowest BCUT2D eigenvalue weighted by atomic mass is 9.94. The number of carbonyl (C=O) groups is 3. The van der Waals surface area contributed by atoms with Crippen molar-refractivity contribution < 1.29 is 79.1 Å². The number of aryl methyl sites for hydroxylation is 3. The van der Waals surface area contributed by atoms with Crippen LogP contribution >= 0.6 is 0 Å². The summed E-state index contributed by atoms with van der Waals surface area (Å²) in [7, 11) is 0. The highest BCUT2D eigenvalue weighted by atomic mass is 19.2. The molecular formula is C109H114F9N15O11. The molecule has 4 saturated heterocycles. The number of pyridine rings is 6. The Bertz CT molecular complexity index is 7430. The van der Waals surface area contributed by atoms with Crippen molar-refractivity contribution in [3.05, 3.63) is 265 Å². The van der Waals surface area contributed by atoms with Gasteiger partial charge in [-0.15, -0.1) is 0 Å². The van der Waals surface area contributed by atoms with Crippen molar-refractivity contribution in [1.82, 2.24) is 43.4 Å². The van der Waals surface area contributed by atoms with Gasteiger partial charge in [-0.25, -0.2) is 39.5 Å². The number of rotatable bonds is 17. The lowest BCUT2D eigenvalue weighted by molar-refractivity contribution is -0.129. The van der Waals surface area contributed by atoms with E-state index in [1.807, 2.05) is 106 Å². The number of carbonyl (C=O) groups excluding carboxylic acids is 3. The summed E-state index contributed by atoms with van der Waals surface area (Å²) in [5.41, 5.74) is -0.681. The van der Waals surface area contributed by atoms with Crippen LogP contribution in [0.3, 0.4) is 0 Å². The molecule has 7 unspecified atom stereocenters. The van der Waals surface area contributed by atoms with Crippen molar-refractivity contribution in [2.24, 2.45) is 0 Å². The highest BCUT2D eigenvalue weighted by molar-refractivity contribution is 6.07. The average Bonchev–Trinajstić information content (AvgIpc) is 0.705. The SMILES string of the molecule is C=CC(=O)N1CC2CN(C(C)C)c3c(c4cc(F)c(-c5c(O)cccc5F)c(F)c4n(-c4c(C)ccnc4C(C)C)c3=O)N2CC1C.C=CC(=O)N1CC2CN(C3COC3)c3c(c4cc(F)c(-c5c(O)cccc5F)c(F)c4n(-c4c(C)ccnc4C(C)C)c3=O)N2CC1C.C=CC(=O)N1CC2CN(CCC(C)O)c3c(c4cc(F)c(-c5c(O)cccc5F)c(F)c4n(-c4c(C)ccnc4C(C)C)c3=O)N2CC1C. The molecular weight excluding hydrogens is 1870 g/mol. The van der Waals surface area contributed by atoms with Gasteiger partial charge in [-0.05, 0) is 194 Å². The van der Waals surface area contributed by atoms with E-state index < -0.39 is 126 Å². The number of fused-ring (bicyclic) bond motifs is 15. The number of aromatic hydroxyl groups is 3. The third kappa shape index (κ3) is 17.0. The smallest absolute Gasteiger partial charge is 0.281 e. The van der Waals surface area contributed by atoms with Crippen LogP contribution in [0.15, 0.2) is 162 Å². The maximum Gasteiger partial charge on any atom is 0.281 e. The Labute approximate surface area is 825 Å². The number of hydrogen-bond donors (Lipinski definition) is 4. The summed E-state index contributed by atoms with van der Waals surface area (Å²) in [5.74, 6) is -13.2. The van der Waals surface area contributed by atoms with Gasteiger partial charge in [0.05, 0.1) is 145 Å². The number of nitrogens with zero attached hydrogens (tertiary/aromatic N) is 15. The molecule has 754 valence electrons. The molecule has 3 amide bonds. The molecule has 0 aliphatic carbocycles. The minimum atomic E-state index is -1.22. The van der Waals surface area contributed by atoms with Crippen LogP contribution in [0.2, 0.25) is 0 Å². The zero-order valence-corrected chi connectivity index (χ0v) is 82.6. The predicted octanol–water partition coefficient (Wildman–Crippen LogP) is 17.6. The molecule has 0 spiro atoms. The molecule has 4 N–H and O–H groups in total. The minimum absolute atomic E-state index is 0.0598. The Morgan fingerprint density at radius 3 is 1.02 bits per heavy atom. The number of phenols is 3. The summed E-state index contributed by atoms with van der Waals surface area (Å²) in [6.45, 7) is 42.5. The van der Waals surface area contributed by atoms with E-state index in [2.05, 4.69) is 34.7 Å². The number of aromatic nitrogens is 6. The van der Waals surface area contributed by atoms with Crippen molar-refractivity contribution in [3.8, 4) is 67.7 Å². The lowest BCUT2D eigenvalue weighted by Crippen LogP contribution is -2.67. The van der Waals surface area contributed by atoms with Gasteiger partial charge in [-0.2, -0.15) is 0 Å². The van der Waals surface area contributed by atoms with Crippen LogP contribution in [0.5, 0.6) is 17.2 Å². The molecule has 12 aromatic rings. The Balaban J connectivity index is 0.000000148. The second-order valence-electron chi connectivity index (χ2n) is 39.5. The number of amides is 3. The summed E-state index contributed by atoms with van der Waals surface area (Å²) in [5, 5.41) is 42.4. The van der Waals surface area contributed by atoms with Gasteiger partial charge in [-0.1, -0.05) is 79.5 Å². The van der Waals surface area contributed by atoms with E-state index in [0.717, 1.165) is 54.6 Å². The zero-order valence-electron chi connectivity index (χ0n) is 82.6. The third-order valence-electron chi connectivity index (χ3n) is 28.8. The molecule has 26 nitrogen and oxygen atoms in total. The van der Waals surface area contributed by atoms with Gasteiger partial charge in [0.1, 0.15) is 69.2 Å². The van der Waals surface area contributed by atoms with Gasteiger partial charge >= 0.3 is 0 Å². The summed E-state index contributed by atoms with van der Waals surface area (Å²) in [6, 6.07) is 16.3. The Morgan fingerprint density at radius 1 is 0.396 bits per heavy atom. The summed E-state index contributed by atoms with van der Waals surface area (Å²) in [4.78, 5) is 114. The lowest BCUT2D eigenvalue weighted by Gasteiger charge is -2.54. The minimum Gasteiger partial charge on any atom is -0.507 e. The van der Waals surface area contributed by atoms with Gasteiger partial charge in [0.2, 0.25) is 17.7 Å². The van der Waals surface area contributed by atoms with Crippen LogP contribution in [0.4, 0.5) is 73.6 Å². The molecule has 0 bridgehead atoms. The molecule has 144 heavy (non-hydrogen) atoms. The fourth-order valence-corrected chi connectivity index (χ4v) is 21.9. The fraction of sp³-hybridized carbons (Fsp3) is 0.367. The number of ether oxygens (including phenoxy) is 1. The Hall–Kier alpha value is -14.5. The van der Waals surface area contributed by atoms with Crippen LogP contribution < -0.4 is 46.1 Å². The highest BCUT2D eigenvalue weighted by Crippen LogP contribution is 2.53. The highest BCUT2D eigenvalue weighted by Gasteiger charge is 2.50. The van der Waals surface area contributed by atoms with E-state index in [1.165, 1.54) is 50.1 Å². The molecule has 6 aromatic heterocycles. The normalized spacial score (nSPS) is 18.4. The van der Waals surface area contributed by atoms with E-state index in [-0.39, 0.29) is 165 Å².